The molecule has 1 aliphatic rings. The molecule has 2 rings (SSSR count). The Kier molecular flexibility index (Phi) is 2.93. The smallest absolute Gasteiger partial charge is 0.0823 e. The van der Waals surface area contributed by atoms with Crippen LogP contribution in [0.3, 0.4) is 0 Å². The van der Waals surface area contributed by atoms with E-state index in [-0.39, 0.29) is 6.10 Å². The van der Waals surface area contributed by atoms with E-state index in [0.29, 0.717) is 19.1 Å². The monoisotopic (exact) mass is 199 g/mol. The number of rotatable bonds is 3. The highest BCUT2D eigenvalue weighted by atomic mass is 32.1. The maximum absolute atomic E-state index is 9.48. The molecule has 0 saturated carbocycles. The summed E-state index contributed by atoms with van der Waals surface area (Å²) >= 11 is 1.54. The van der Waals surface area contributed by atoms with Gasteiger partial charge in [0, 0.05) is 17.0 Å². The van der Waals surface area contributed by atoms with Gasteiger partial charge in [0.25, 0.3) is 0 Å². The number of hydrogen-bond acceptors (Lipinski definition) is 4. The van der Waals surface area contributed by atoms with Crippen LogP contribution in [0.2, 0.25) is 0 Å². The molecule has 1 aromatic rings. The molecular formula is C9H13NO2S. The lowest BCUT2D eigenvalue weighted by Gasteiger charge is -2.10. The molecule has 13 heavy (non-hydrogen) atoms. The summed E-state index contributed by atoms with van der Waals surface area (Å²) in [5.41, 5.74) is 0. The lowest BCUT2D eigenvalue weighted by Crippen LogP contribution is -2.18. The van der Waals surface area contributed by atoms with E-state index in [4.69, 9.17) is 4.74 Å². The van der Waals surface area contributed by atoms with Crippen molar-refractivity contribution in [1.82, 2.24) is 4.37 Å². The van der Waals surface area contributed by atoms with E-state index in [1.807, 2.05) is 12.3 Å². The number of aromatic nitrogens is 1. The van der Waals surface area contributed by atoms with E-state index in [1.54, 1.807) is 0 Å². The summed E-state index contributed by atoms with van der Waals surface area (Å²) in [6.45, 7) is 1.22. The minimum absolute atomic E-state index is 0.257. The normalized spacial score (nSPS) is 28.1. The maximum Gasteiger partial charge on any atom is 0.0823 e. The Hall–Kier alpha value is -0.450. The molecule has 1 saturated heterocycles. The second-order valence-electron chi connectivity index (χ2n) is 3.38. The minimum Gasteiger partial charge on any atom is -0.390 e. The Balaban J connectivity index is 1.79. The van der Waals surface area contributed by atoms with E-state index < -0.39 is 0 Å². The van der Waals surface area contributed by atoms with Crippen molar-refractivity contribution in [3.8, 4) is 0 Å². The highest BCUT2D eigenvalue weighted by Gasteiger charge is 2.25. The summed E-state index contributed by atoms with van der Waals surface area (Å²) in [4.78, 5) is 1.29. The molecule has 1 N–H and O–H groups in total. The molecular weight excluding hydrogens is 186 g/mol. The SMILES string of the molecule is OC1COCC1CCc1ccns1. The van der Waals surface area contributed by atoms with Crippen LogP contribution in [0.25, 0.3) is 0 Å². The Morgan fingerprint density at radius 3 is 3.15 bits per heavy atom. The maximum atomic E-state index is 9.48. The number of aryl methyl sites for hydroxylation is 1. The second kappa shape index (κ2) is 4.17. The van der Waals surface area contributed by atoms with Gasteiger partial charge in [0.1, 0.15) is 0 Å². The fourth-order valence-electron chi connectivity index (χ4n) is 1.56. The van der Waals surface area contributed by atoms with Gasteiger partial charge in [-0.1, -0.05) is 0 Å². The first-order chi connectivity index (χ1) is 6.36. The molecule has 0 bridgehead atoms. The minimum atomic E-state index is -0.257. The van der Waals surface area contributed by atoms with Crippen molar-refractivity contribution in [2.24, 2.45) is 5.92 Å². The van der Waals surface area contributed by atoms with Crippen molar-refractivity contribution in [1.29, 1.82) is 0 Å². The molecule has 72 valence electrons. The number of aliphatic hydroxyl groups excluding tert-OH is 1. The summed E-state index contributed by atoms with van der Waals surface area (Å²) in [7, 11) is 0. The Labute approximate surface area is 81.5 Å². The van der Waals surface area contributed by atoms with Crippen LogP contribution in [-0.2, 0) is 11.2 Å². The van der Waals surface area contributed by atoms with Crippen molar-refractivity contribution in [2.75, 3.05) is 13.2 Å². The van der Waals surface area contributed by atoms with Gasteiger partial charge in [0.05, 0.1) is 19.3 Å². The van der Waals surface area contributed by atoms with Crippen LogP contribution < -0.4 is 0 Å². The van der Waals surface area contributed by atoms with Gasteiger partial charge in [0.2, 0.25) is 0 Å². The molecule has 0 aliphatic carbocycles. The molecule has 0 radical (unpaired) electrons. The number of ether oxygens (including phenoxy) is 1. The second-order valence-corrected chi connectivity index (χ2v) is 4.30. The highest BCUT2D eigenvalue weighted by molar-refractivity contribution is 7.05. The zero-order valence-corrected chi connectivity index (χ0v) is 8.17. The van der Waals surface area contributed by atoms with Gasteiger partial charge in [0.15, 0.2) is 0 Å². The van der Waals surface area contributed by atoms with Gasteiger partial charge in [-0.3, -0.25) is 0 Å². The van der Waals surface area contributed by atoms with Crippen molar-refractivity contribution in [3.05, 3.63) is 17.1 Å². The number of hydrogen-bond donors (Lipinski definition) is 1. The number of nitrogens with zero attached hydrogens (tertiary/aromatic N) is 1. The first kappa shape index (κ1) is 9.12. The van der Waals surface area contributed by atoms with Crippen LogP contribution in [0.5, 0.6) is 0 Å². The standard InChI is InChI=1S/C9H13NO2S/c11-9-6-12-5-7(9)1-2-8-3-4-10-13-8/h3-4,7,9,11H,1-2,5-6H2. The first-order valence-corrected chi connectivity index (χ1v) is 5.29. The topological polar surface area (TPSA) is 42.4 Å². The van der Waals surface area contributed by atoms with Gasteiger partial charge in [-0.15, -0.1) is 0 Å². The fraction of sp³-hybridized carbons (Fsp3) is 0.667. The molecule has 3 nitrogen and oxygen atoms in total. The van der Waals surface area contributed by atoms with Crippen molar-refractivity contribution in [2.45, 2.75) is 18.9 Å². The molecule has 1 aliphatic heterocycles. The third-order valence-corrected chi connectivity index (χ3v) is 3.22. The molecule has 4 heteroatoms. The van der Waals surface area contributed by atoms with Crippen LogP contribution in [-0.4, -0.2) is 28.8 Å². The van der Waals surface area contributed by atoms with Gasteiger partial charge in [-0.2, -0.15) is 0 Å². The Morgan fingerprint density at radius 1 is 1.62 bits per heavy atom. The molecule has 0 aromatic carbocycles. The third kappa shape index (κ3) is 2.27. The fourth-order valence-corrected chi connectivity index (χ4v) is 2.15. The summed E-state index contributed by atoms with van der Waals surface area (Å²) < 4.78 is 9.21. The molecule has 2 heterocycles. The third-order valence-electron chi connectivity index (χ3n) is 2.42. The molecule has 2 unspecified atom stereocenters. The average Bonchev–Trinajstić information content (AvgIpc) is 2.72. The van der Waals surface area contributed by atoms with E-state index in [2.05, 4.69) is 4.37 Å². The predicted molar refractivity (Wildman–Crippen MR) is 50.8 cm³/mol. The largest absolute Gasteiger partial charge is 0.390 e. The summed E-state index contributed by atoms with van der Waals surface area (Å²) in [6, 6.07) is 2.03. The lowest BCUT2D eigenvalue weighted by atomic mass is 10.00. The van der Waals surface area contributed by atoms with Crippen LogP contribution in [0, 0.1) is 5.92 Å². The zero-order chi connectivity index (χ0) is 9.10. The van der Waals surface area contributed by atoms with Gasteiger partial charge >= 0.3 is 0 Å². The van der Waals surface area contributed by atoms with Crippen LogP contribution in [0.4, 0.5) is 0 Å². The van der Waals surface area contributed by atoms with Gasteiger partial charge < -0.3 is 9.84 Å². The molecule has 1 aromatic heterocycles. The molecule has 1 fully saturated rings. The van der Waals surface area contributed by atoms with Crippen LogP contribution in [0.1, 0.15) is 11.3 Å². The van der Waals surface area contributed by atoms with Gasteiger partial charge in [-0.25, -0.2) is 4.37 Å². The van der Waals surface area contributed by atoms with Crippen LogP contribution >= 0.6 is 11.5 Å². The first-order valence-electron chi connectivity index (χ1n) is 4.51. The van der Waals surface area contributed by atoms with E-state index >= 15 is 0 Å². The summed E-state index contributed by atoms with van der Waals surface area (Å²) in [5, 5.41) is 9.48. The van der Waals surface area contributed by atoms with Crippen molar-refractivity contribution < 1.29 is 9.84 Å². The van der Waals surface area contributed by atoms with Crippen LogP contribution in [0.15, 0.2) is 12.3 Å². The Morgan fingerprint density at radius 2 is 2.54 bits per heavy atom. The van der Waals surface area contributed by atoms with Gasteiger partial charge in [-0.05, 0) is 30.4 Å². The molecule has 2 atom stereocenters. The highest BCUT2D eigenvalue weighted by Crippen LogP contribution is 2.20. The van der Waals surface area contributed by atoms with E-state index in [9.17, 15) is 5.11 Å². The average molecular weight is 199 g/mol. The van der Waals surface area contributed by atoms with E-state index in [1.165, 1.54) is 16.4 Å². The predicted octanol–water partition coefficient (Wildman–Crippen LogP) is 1.08. The lowest BCUT2D eigenvalue weighted by molar-refractivity contribution is 0.117. The summed E-state index contributed by atoms with van der Waals surface area (Å²) in [5.74, 6) is 0.321. The molecule has 0 spiro atoms. The number of aliphatic hydroxyl groups is 1. The van der Waals surface area contributed by atoms with Crippen molar-refractivity contribution in [3.63, 3.8) is 0 Å². The zero-order valence-electron chi connectivity index (χ0n) is 7.35. The quantitative estimate of drug-likeness (QED) is 0.792. The van der Waals surface area contributed by atoms with Crippen molar-refractivity contribution >= 4 is 11.5 Å². The summed E-state index contributed by atoms with van der Waals surface area (Å²) in [6.07, 6.45) is 3.58. The van der Waals surface area contributed by atoms with E-state index in [0.717, 1.165) is 12.8 Å². The molecule has 0 amide bonds. The Bertz CT molecular complexity index is 250.